The predicted octanol–water partition coefficient (Wildman–Crippen LogP) is 3.69. The molecule has 0 aliphatic rings. The van der Waals surface area contributed by atoms with Gasteiger partial charge in [-0.2, -0.15) is 5.26 Å². The largest absolute Gasteiger partial charge is 0.387 e. The third kappa shape index (κ3) is 4.45. The number of halogens is 2. The highest BCUT2D eigenvalue weighted by molar-refractivity contribution is 6.33. The van der Waals surface area contributed by atoms with Crippen molar-refractivity contribution in [1.29, 1.82) is 5.26 Å². The van der Waals surface area contributed by atoms with Crippen LogP contribution in [0.2, 0.25) is 10.0 Å². The average molecular weight is 321 g/mol. The molecule has 2 rings (SSSR count). The second-order valence-electron chi connectivity index (χ2n) is 4.62. The minimum absolute atomic E-state index is 0.344. The molecule has 21 heavy (non-hydrogen) atoms. The van der Waals surface area contributed by atoms with Crippen LogP contribution >= 0.6 is 23.2 Å². The van der Waals surface area contributed by atoms with Crippen molar-refractivity contribution in [2.45, 2.75) is 12.6 Å². The Labute approximate surface area is 133 Å². The van der Waals surface area contributed by atoms with E-state index in [4.69, 9.17) is 28.5 Å². The minimum atomic E-state index is -0.740. The van der Waals surface area contributed by atoms with Gasteiger partial charge in [-0.3, -0.25) is 0 Å². The maximum atomic E-state index is 10.1. The van der Waals surface area contributed by atoms with Gasteiger partial charge in [0, 0.05) is 28.7 Å². The molecule has 3 nitrogen and oxygen atoms in total. The molecule has 0 bridgehead atoms. The Morgan fingerprint density at radius 1 is 1.19 bits per heavy atom. The van der Waals surface area contributed by atoms with E-state index in [9.17, 15) is 5.11 Å². The van der Waals surface area contributed by atoms with Crippen LogP contribution in [0.15, 0.2) is 42.5 Å². The predicted molar refractivity (Wildman–Crippen MR) is 84.3 cm³/mol. The van der Waals surface area contributed by atoms with Crippen molar-refractivity contribution in [3.05, 3.63) is 69.2 Å². The van der Waals surface area contributed by atoms with Crippen molar-refractivity contribution in [3.8, 4) is 6.07 Å². The van der Waals surface area contributed by atoms with Crippen molar-refractivity contribution in [2.24, 2.45) is 0 Å². The molecule has 2 N–H and O–H groups in total. The Kier molecular flexibility index (Phi) is 5.60. The molecule has 0 saturated carbocycles. The number of rotatable bonds is 5. The van der Waals surface area contributed by atoms with E-state index >= 15 is 0 Å². The Balaban J connectivity index is 1.93. The molecular weight excluding hydrogens is 307 g/mol. The topological polar surface area (TPSA) is 56.0 Å². The molecule has 0 saturated heterocycles. The Hall–Kier alpha value is -1.57. The number of hydrogen-bond donors (Lipinski definition) is 2. The molecule has 0 radical (unpaired) electrons. The molecule has 2 aromatic rings. The summed E-state index contributed by atoms with van der Waals surface area (Å²) in [5, 5.41) is 23.2. The summed E-state index contributed by atoms with van der Waals surface area (Å²) in [6.07, 6.45) is -0.740. The highest BCUT2D eigenvalue weighted by Crippen LogP contribution is 2.26. The SMILES string of the molecule is N#Cc1cccc(CNCC(O)c2cc(Cl)ccc2Cl)c1. The molecule has 108 valence electrons. The van der Waals surface area contributed by atoms with Crippen LogP contribution in [0.25, 0.3) is 0 Å². The maximum absolute atomic E-state index is 10.1. The van der Waals surface area contributed by atoms with Gasteiger partial charge in [-0.05, 0) is 35.9 Å². The smallest absolute Gasteiger partial charge is 0.0991 e. The van der Waals surface area contributed by atoms with Crippen LogP contribution in [0, 0.1) is 11.3 Å². The van der Waals surface area contributed by atoms with Gasteiger partial charge in [0.15, 0.2) is 0 Å². The van der Waals surface area contributed by atoms with E-state index in [1.807, 2.05) is 18.2 Å². The zero-order chi connectivity index (χ0) is 15.2. The van der Waals surface area contributed by atoms with Crippen LogP contribution in [-0.4, -0.2) is 11.7 Å². The van der Waals surface area contributed by atoms with Gasteiger partial charge >= 0.3 is 0 Å². The van der Waals surface area contributed by atoms with E-state index in [2.05, 4.69) is 11.4 Å². The van der Waals surface area contributed by atoms with Gasteiger partial charge in [0.2, 0.25) is 0 Å². The fraction of sp³-hybridized carbons (Fsp3) is 0.188. The molecule has 0 aliphatic heterocycles. The van der Waals surface area contributed by atoms with Crippen LogP contribution in [0.1, 0.15) is 22.8 Å². The number of nitrogens with zero attached hydrogens (tertiary/aromatic N) is 1. The Morgan fingerprint density at radius 2 is 2.00 bits per heavy atom. The minimum Gasteiger partial charge on any atom is -0.387 e. The van der Waals surface area contributed by atoms with Gasteiger partial charge in [0.1, 0.15) is 0 Å². The summed E-state index contributed by atoms with van der Waals surface area (Å²) < 4.78 is 0. The first kappa shape index (κ1) is 15.8. The Morgan fingerprint density at radius 3 is 2.76 bits per heavy atom. The summed E-state index contributed by atoms with van der Waals surface area (Å²) in [5.41, 5.74) is 2.20. The summed E-state index contributed by atoms with van der Waals surface area (Å²) in [6, 6.07) is 14.4. The number of aliphatic hydroxyl groups is 1. The molecule has 1 atom stereocenters. The van der Waals surface area contributed by atoms with E-state index in [1.54, 1.807) is 24.3 Å². The second kappa shape index (κ2) is 7.44. The number of nitrogens with one attached hydrogen (secondary N) is 1. The molecule has 5 heteroatoms. The molecule has 0 spiro atoms. The lowest BCUT2D eigenvalue weighted by Gasteiger charge is -2.14. The lowest BCUT2D eigenvalue weighted by molar-refractivity contribution is 0.174. The summed E-state index contributed by atoms with van der Waals surface area (Å²) >= 11 is 11.9. The van der Waals surface area contributed by atoms with Crippen molar-refractivity contribution >= 4 is 23.2 Å². The van der Waals surface area contributed by atoms with Crippen molar-refractivity contribution < 1.29 is 5.11 Å². The zero-order valence-electron chi connectivity index (χ0n) is 11.2. The molecular formula is C16H14Cl2N2O. The van der Waals surface area contributed by atoms with Crippen molar-refractivity contribution in [2.75, 3.05) is 6.54 Å². The van der Waals surface area contributed by atoms with Gasteiger partial charge in [0.05, 0.1) is 17.7 Å². The van der Waals surface area contributed by atoms with Crippen LogP contribution in [0.3, 0.4) is 0 Å². The second-order valence-corrected chi connectivity index (χ2v) is 5.47. The van der Waals surface area contributed by atoms with Gasteiger partial charge in [-0.15, -0.1) is 0 Å². The van der Waals surface area contributed by atoms with Gasteiger partial charge in [-0.1, -0.05) is 35.3 Å². The summed E-state index contributed by atoms with van der Waals surface area (Å²) in [4.78, 5) is 0. The Bertz CT molecular complexity index is 668. The monoisotopic (exact) mass is 320 g/mol. The fourth-order valence-corrected chi connectivity index (χ4v) is 2.41. The third-order valence-corrected chi connectivity index (χ3v) is 3.62. The van der Waals surface area contributed by atoms with Crippen molar-refractivity contribution in [1.82, 2.24) is 5.32 Å². The third-order valence-electron chi connectivity index (χ3n) is 3.04. The normalized spacial score (nSPS) is 11.9. The first-order valence-electron chi connectivity index (χ1n) is 6.43. The molecule has 0 heterocycles. The van der Waals surface area contributed by atoms with Gasteiger partial charge in [0.25, 0.3) is 0 Å². The number of hydrogen-bond acceptors (Lipinski definition) is 3. The van der Waals surface area contributed by atoms with Gasteiger partial charge < -0.3 is 10.4 Å². The molecule has 0 amide bonds. The number of aliphatic hydroxyl groups excluding tert-OH is 1. The maximum Gasteiger partial charge on any atom is 0.0991 e. The van der Waals surface area contributed by atoms with E-state index in [0.717, 1.165) is 5.56 Å². The average Bonchev–Trinajstić information content (AvgIpc) is 2.49. The van der Waals surface area contributed by atoms with Crippen LogP contribution in [0.5, 0.6) is 0 Å². The number of nitriles is 1. The van der Waals surface area contributed by atoms with Crippen LogP contribution in [0.4, 0.5) is 0 Å². The summed E-state index contributed by atoms with van der Waals surface area (Å²) in [7, 11) is 0. The zero-order valence-corrected chi connectivity index (χ0v) is 12.7. The summed E-state index contributed by atoms with van der Waals surface area (Å²) in [5.74, 6) is 0. The lowest BCUT2D eigenvalue weighted by Crippen LogP contribution is -2.21. The molecule has 0 aliphatic carbocycles. The van der Waals surface area contributed by atoms with Gasteiger partial charge in [-0.25, -0.2) is 0 Å². The molecule has 0 aromatic heterocycles. The van der Waals surface area contributed by atoms with E-state index in [0.29, 0.717) is 34.3 Å². The lowest BCUT2D eigenvalue weighted by atomic mass is 10.1. The highest BCUT2D eigenvalue weighted by atomic mass is 35.5. The van der Waals surface area contributed by atoms with Crippen molar-refractivity contribution in [3.63, 3.8) is 0 Å². The quantitative estimate of drug-likeness (QED) is 0.883. The standard InChI is InChI=1S/C16H14Cl2N2O/c17-13-4-5-15(18)14(7-13)16(21)10-20-9-12-3-1-2-11(6-12)8-19/h1-7,16,20-21H,9-10H2. The van der Waals surface area contributed by atoms with E-state index < -0.39 is 6.10 Å². The summed E-state index contributed by atoms with van der Waals surface area (Å²) in [6.45, 7) is 0.904. The van der Waals surface area contributed by atoms with Crippen LogP contribution in [-0.2, 0) is 6.54 Å². The van der Waals surface area contributed by atoms with E-state index in [-0.39, 0.29) is 0 Å². The van der Waals surface area contributed by atoms with Crippen LogP contribution < -0.4 is 5.32 Å². The first-order chi connectivity index (χ1) is 10.1. The molecule has 0 fully saturated rings. The van der Waals surface area contributed by atoms with E-state index in [1.165, 1.54) is 0 Å². The first-order valence-corrected chi connectivity index (χ1v) is 7.18. The molecule has 1 unspecified atom stereocenters. The fourth-order valence-electron chi connectivity index (χ4n) is 1.98. The molecule has 2 aromatic carbocycles. The highest BCUT2D eigenvalue weighted by Gasteiger charge is 2.11. The number of benzene rings is 2.